The highest BCUT2D eigenvalue weighted by atomic mass is 35.5. The number of anilines is 1. The summed E-state index contributed by atoms with van der Waals surface area (Å²) in [5, 5.41) is 4.50. The first-order valence-electron chi connectivity index (χ1n) is 6.58. The SMILES string of the molecule is CNc1nc(OCc2ccccc2Cl)c2ccccc2n1. The number of rotatable bonds is 4. The van der Waals surface area contributed by atoms with Crippen LogP contribution in [0.3, 0.4) is 0 Å². The van der Waals surface area contributed by atoms with Crippen molar-refractivity contribution in [2.45, 2.75) is 6.61 Å². The van der Waals surface area contributed by atoms with Gasteiger partial charge < -0.3 is 10.1 Å². The largest absolute Gasteiger partial charge is 0.472 e. The van der Waals surface area contributed by atoms with Crippen LogP contribution in [-0.4, -0.2) is 17.0 Å². The third-order valence-electron chi connectivity index (χ3n) is 3.11. The highest BCUT2D eigenvalue weighted by molar-refractivity contribution is 6.31. The normalized spacial score (nSPS) is 10.6. The van der Waals surface area contributed by atoms with Gasteiger partial charge in [-0.05, 0) is 18.2 Å². The van der Waals surface area contributed by atoms with Gasteiger partial charge in [0.25, 0.3) is 0 Å². The molecule has 3 aromatic rings. The van der Waals surface area contributed by atoms with Gasteiger partial charge in [0.1, 0.15) is 6.61 Å². The second kappa shape index (κ2) is 5.97. The average molecular weight is 300 g/mol. The van der Waals surface area contributed by atoms with Crippen molar-refractivity contribution in [1.29, 1.82) is 0 Å². The fourth-order valence-electron chi connectivity index (χ4n) is 2.03. The lowest BCUT2D eigenvalue weighted by Gasteiger charge is -2.10. The van der Waals surface area contributed by atoms with Crippen molar-refractivity contribution in [2.24, 2.45) is 0 Å². The van der Waals surface area contributed by atoms with Gasteiger partial charge in [0.05, 0.1) is 10.9 Å². The number of hydrogen-bond donors (Lipinski definition) is 1. The molecule has 1 heterocycles. The van der Waals surface area contributed by atoms with Gasteiger partial charge in [-0.1, -0.05) is 41.9 Å². The number of ether oxygens (including phenoxy) is 1. The second-order valence-electron chi connectivity index (χ2n) is 4.50. The molecule has 3 rings (SSSR count). The minimum absolute atomic E-state index is 0.365. The van der Waals surface area contributed by atoms with E-state index in [0.717, 1.165) is 16.5 Å². The number of para-hydroxylation sites is 1. The molecule has 2 aromatic carbocycles. The molecule has 0 amide bonds. The van der Waals surface area contributed by atoms with Gasteiger partial charge >= 0.3 is 0 Å². The Hall–Kier alpha value is -2.33. The third-order valence-corrected chi connectivity index (χ3v) is 3.48. The van der Waals surface area contributed by atoms with E-state index < -0.39 is 0 Å². The molecule has 0 saturated heterocycles. The summed E-state index contributed by atoms with van der Waals surface area (Å²) in [5.74, 6) is 1.08. The zero-order valence-electron chi connectivity index (χ0n) is 11.5. The van der Waals surface area contributed by atoms with E-state index in [2.05, 4.69) is 15.3 Å². The molecule has 1 aromatic heterocycles. The topological polar surface area (TPSA) is 47.0 Å². The van der Waals surface area contributed by atoms with Gasteiger partial charge in [-0.2, -0.15) is 4.98 Å². The Morgan fingerprint density at radius 3 is 2.62 bits per heavy atom. The van der Waals surface area contributed by atoms with Crippen molar-refractivity contribution in [3.05, 3.63) is 59.1 Å². The smallest absolute Gasteiger partial charge is 0.226 e. The minimum atomic E-state index is 0.365. The summed E-state index contributed by atoms with van der Waals surface area (Å²) in [4.78, 5) is 8.78. The van der Waals surface area contributed by atoms with E-state index >= 15 is 0 Å². The standard InChI is InChI=1S/C16H14ClN3O/c1-18-16-19-14-9-5-3-7-12(14)15(20-16)21-10-11-6-2-4-8-13(11)17/h2-9H,10H2,1H3,(H,18,19,20). The number of nitrogens with one attached hydrogen (secondary N) is 1. The fraction of sp³-hybridized carbons (Fsp3) is 0.125. The molecule has 0 unspecified atom stereocenters. The van der Waals surface area contributed by atoms with E-state index in [1.807, 2.05) is 48.5 Å². The van der Waals surface area contributed by atoms with Crippen LogP contribution < -0.4 is 10.1 Å². The highest BCUT2D eigenvalue weighted by Gasteiger charge is 2.09. The Morgan fingerprint density at radius 2 is 1.81 bits per heavy atom. The van der Waals surface area contributed by atoms with Gasteiger partial charge in [0.2, 0.25) is 11.8 Å². The van der Waals surface area contributed by atoms with Gasteiger partial charge in [-0.25, -0.2) is 4.98 Å². The van der Waals surface area contributed by atoms with Crippen molar-refractivity contribution in [2.75, 3.05) is 12.4 Å². The van der Waals surface area contributed by atoms with Crippen molar-refractivity contribution in [1.82, 2.24) is 9.97 Å². The van der Waals surface area contributed by atoms with E-state index in [9.17, 15) is 0 Å². The van der Waals surface area contributed by atoms with Crippen molar-refractivity contribution in [3.63, 3.8) is 0 Å². The monoisotopic (exact) mass is 299 g/mol. The lowest BCUT2D eigenvalue weighted by Crippen LogP contribution is -2.03. The van der Waals surface area contributed by atoms with Crippen LogP contribution in [0, 0.1) is 0 Å². The van der Waals surface area contributed by atoms with Crippen LogP contribution >= 0.6 is 11.6 Å². The number of fused-ring (bicyclic) bond motifs is 1. The van der Waals surface area contributed by atoms with E-state index in [0.29, 0.717) is 23.5 Å². The third kappa shape index (κ3) is 2.90. The summed E-state index contributed by atoms with van der Waals surface area (Å²) in [6.45, 7) is 0.365. The minimum Gasteiger partial charge on any atom is -0.472 e. The lowest BCUT2D eigenvalue weighted by molar-refractivity contribution is 0.298. The summed E-state index contributed by atoms with van der Waals surface area (Å²) < 4.78 is 5.85. The maximum absolute atomic E-state index is 6.14. The van der Waals surface area contributed by atoms with Crippen LogP contribution in [0.1, 0.15) is 5.56 Å². The molecule has 0 atom stereocenters. The number of hydrogen-bond acceptors (Lipinski definition) is 4. The quantitative estimate of drug-likeness (QED) is 0.793. The molecule has 0 spiro atoms. The molecule has 0 saturated carbocycles. The lowest BCUT2D eigenvalue weighted by atomic mass is 10.2. The predicted molar refractivity (Wildman–Crippen MR) is 84.9 cm³/mol. The molecule has 1 N–H and O–H groups in total. The zero-order chi connectivity index (χ0) is 14.7. The van der Waals surface area contributed by atoms with Crippen molar-refractivity contribution >= 4 is 28.5 Å². The number of aromatic nitrogens is 2. The molecular weight excluding hydrogens is 286 g/mol. The van der Waals surface area contributed by atoms with Crippen molar-refractivity contribution < 1.29 is 4.74 Å². The molecule has 0 bridgehead atoms. The van der Waals surface area contributed by atoms with Crippen molar-refractivity contribution in [3.8, 4) is 5.88 Å². The first-order valence-corrected chi connectivity index (χ1v) is 6.96. The fourth-order valence-corrected chi connectivity index (χ4v) is 2.22. The molecule has 0 fully saturated rings. The summed E-state index contributed by atoms with van der Waals surface area (Å²) in [6, 6.07) is 15.4. The van der Waals surface area contributed by atoms with Crippen LogP contribution in [0.4, 0.5) is 5.95 Å². The molecule has 5 heteroatoms. The molecule has 4 nitrogen and oxygen atoms in total. The summed E-state index contributed by atoms with van der Waals surface area (Å²) in [7, 11) is 1.78. The molecule has 0 radical (unpaired) electrons. The molecule has 0 aliphatic carbocycles. The number of halogens is 1. The molecule has 21 heavy (non-hydrogen) atoms. The van der Waals surface area contributed by atoms with E-state index in [-0.39, 0.29) is 0 Å². The van der Waals surface area contributed by atoms with Crippen LogP contribution in [-0.2, 0) is 6.61 Å². The Morgan fingerprint density at radius 1 is 1.05 bits per heavy atom. The van der Waals surface area contributed by atoms with Gasteiger partial charge in [-0.15, -0.1) is 0 Å². The average Bonchev–Trinajstić information content (AvgIpc) is 2.53. The van der Waals surface area contributed by atoms with Crippen LogP contribution in [0.25, 0.3) is 10.9 Å². The van der Waals surface area contributed by atoms with Gasteiger partial charge in [-0.3, -0.25) is 0 Å². The number of nitrogens with zero attached hydrogens (tertiary/aromatic N) is 2. The first kappa shape index (κ1) is 13.6. The Labute approximate surface area is 127 Å². The number of benzene rings is 2. The van der Waals surface area contributed by atoms with Crippen LogP contribution in [0.2, 0.25) is 5.02 Å². The van der Waals surface area contributed by atoms with Crippen LogP contribution in [0.15, 0.2) is 48.5 Å². The summed E-state index contributed by atoms with van der Waals surface area (Å²) >= 11 is 6.14. The Bertz CT molecular complexity index is 776. The Kier molecular flexibility index (Phi) is 3.88. The predicted octanol–water partition coefficient (Wildman–Crippen LogP) is 3.90. The maximum atomic E-state index is 6.14. The summed E-state index contributed by atoms with van der Waals surface area (Å²) in [5.41, 5.74) is 1.76. The Balaban J connectivity index is 1.94. The van der Waals surface area contributed by atoms with E-state index in [4.69, 9.17) is 16.3 Å². The second-order valence-corrected chi connectivity index (χ2v) is 4.91. The maximum Gasteiger partial charge on any atom is 0.226 e. The highest BCUT2D eigenvalue weighted by Crippen LogP contribution is 2.25. The molecule has 0 aliphatic heterocycles. The molecule has 0 aliphatic rings. The van der Waals surface area contributed by atoms with Crippen LogP contribution in [0.5, 0.6) is 5.88 Å². The summed E-state index contributed by atoms with van der Waals surface area (Å²) in [6.07, 6.45) is 0. The molecular formula is C16H14ClN3O. The van der Waals surface area contributed by atoms with E-state index in [1.54, 1.807) is 7.05 Å². The molecule has 106 valence electrons. The zero-order valence-corrected chi connectivity index (χ0v) is 12.3. The van der Waals surface area contributed by atoms with E-state index in [1.165, 1.54) is 0 Å². The van der Waals surface area contributed by atoms with Gasteiger partial charge in [0, 0.05) is 17.6 Å². The first-order chi connectivity index (χ1) is 10.3. The van der Waals surface area contributed by atoms with Gasteiger partial charge in [0.15, 0.2) is 0 Å².